The smallest absolute Gasteiger partial charge is 0.263 e. The molecule has 2 saturated heterocycles. The fourth-order valence-corrected chi connectivity index (χ4v) is 7.74. The highest BCUT2D eigenvalue weighted by Gasteiger charge is 2.42. The highest BCUT2D eigenvalue weighted by atomic mass is 32.1. The number of aliphatic hydroxyl groups is 1. The fourth-order valence-electron chi connectivity index (χ4n) is 6.91. The maximum absolute atomic E-state index is 14.2. The molecule has 2 aliphatic rings. The lowest BCUT2D eigenvalue weighted by Crippen LogP contribution is -2.59. The van der Waals surface area contributed by atoms with Crippen molar-refractivity contribution in [2.24, 2.45) is 5.92 Å². The van der Waals surface area contributed by atoms with Gasteiger partial charge in [-0.3, -0.25) is 28.8 Å². The monoisotopic (exact) mass is 750 g/mol. The normalized spacial score (nSPS) is 25.5. The van der Waals surface area contributed by atoms with Gasteiger partial charge >= 0.3 is 0 Å². The Morgan fingerprint density at radius 3 is 2.45 bits per heavy atom. The zero-order chi connectivity index (χ0) is 38.4. The molecule has 53 heavy (non-hydrogen) atoms. The number of para-hydroxylation sites is 1. The molecule has 7 N–H and O–H groups in total. The number of H-pyrrole nitrogens is 1. The summed E-state index contributed by atoms with van der Waals surface area (Å²) in [6.45, 7) is 8.96. The van der Waals surface area contributed by atoms with Gasteiger partial charge in [0.15, 0.2) is 0 Å². The van der Waals surface area contributed by atoms with E-state index in [4.69, 9.17) is 0 Å². The Balaban J connectivity index is 1.45. The van der Waals surface area contributed by atoms with Crippen LogP contribution < -0.4 is 26.6 Å². The molecular formula is C37H50N8O7S. The molecule has 0 bridgehead atoms. The van der Waals surface area contributed by atoms with Crippen molar-refractivity contribution in [1.29, 1.82) is 0 Å². The third-order valence-electron chi connectivity index (χ3n) is 9.62. The van der Waals surface area contributed by atoms with Crippen LogP contribution in [0.2, 0.25) is 0 Å². The predicted octanol–water partition coefficient (Wildman–Crippen LogP) is 1.36. The number of carbonyl (C=O) groups is 6. The number of hydrogen-bond acceptors (Lipinski definition) is 9. The van der Waals surface area contributed by atoms with Gasteiger partial charge in [0, 0.05) is 43.0 Å². The van der Waals surface area contributed by atoms with Crippen molar-refractivity contribution >= 4 is 57.7 Å². The zero-order valence-electron chi connectivity index (χ0n) is 30.8. The van der Waals surface area contributed by atoms with E-state index < -0.39 is 71.8 Å². The van der Waals surface area contributed by atoms with Gasteiger partial charge in [0.1, 0.15) is 35.1 Å². The van der Waals surface area contributed by atoms with Crippen LogP contribution >= 0.6 is 11.3 Å². The third-order valence-corrected chi connectivity index (χ3v) is 10.7. The SMILES string of the molecule is Cc1nc(C)c(C(=O)N[C@H]2CCCCNC(=O)[C@@H]3C[C@@H](O)CN3C(=O)[C@@H](CC(C)C)NC(=O)[C@H](Cc3c[nH]c4ccccc34)NC(=O)[C@@H](C)NC2=O)s1. The van der Waals surface area contributed by atoms with Crippen LogP contribution in [0.5, 0.6) is 0 Å². The van der Waals surface area contributed by atoms with E-state index in [-0.39, 0.29) is 44.7 Å². The van der Waals surface area contributed by atoms with Gasteiger partial charge in [-0.1, -0.05) is 32.0 Å². The van der Waals surface area contributed by atoms with Gasteiger partial charge in [0.2, 0.25) is 29.5 Å². The van der Waals surface area contributed by atoms with E-state index in [1.54, 1.807) is 20.0 Å². The molecule has 0 radical (unpaired) electrons. The van der Waals surface area contributed by atoms with Crippen LogP contribution in [-0.4, -0.2) is 105 Å². The minimum absolute atomic E-state index is 0.0278. The third kappa shape index (κ3) is 9.79. The predicted molar refractivity (Wildman–Crippen MR) is 199 cm³/mol. The van der Waals surface area contributed by atoms with Crippen molar-refractivity contribution in [3.8, 4) is 0 Å². The van der Waals surface area contributed by atoms with Gasteiger partial charge in [-0.05, 0) is 64.0 Å². The second-order valence-electron chi connectivity index (χ2n) is 14.4. The number of aromatic amines is 1. The first kappa shape index (κ1) is 39.4. The van der Waals surface area contributed by atoms with Crippen molar-refractivity contribution in [2.45, 2.75) is 109 Å². The number of aryl methyl sites for hydroxylation is 2. The van der Waals surface area contributed by atoms with E-state index in [9.17, 15) is 33.9 Å². The number of rotatable bonds is 6. The molecule has 4 heterocycles. The molecule has 286 valence electrons. The summed E-state index contributed by atoms with van der Waals surface area (Å²) in [5.74, 6) is -3.27. The number of fused-ring (bicyclic) bond motifs is 2. The van der Waals surface area contributed by atoms with Gasteiger partial charge < -0.3 is 41.6 Å². The number of nitrogens with one attached hydrogen (secondary N) is 6. The molecule has 6 atom stereocenters. The van der Waals surface area contributed by atoms with Gasteiger partial charge in [-0.15, -0.1) is 11.3 Å². The van der Waals surface area contributed by atoms with E-state index in [1.807, 2.05) is 38.1 Å². The number of hydrogen-bond donors (Lipinski definition) is 7. The number of nitrogens with zero attached hydrogens (tertiary/aromatic N) is 2. The number of aliphatic hydroxyl groups excluding tert-OH is 1. The first-order valence-corrected chi connectivity index (χ1v) is 19.0. The summed E-state index contributed by atoms with van der Waals surface area (Å²) in [6, 6.07) is 2.25. The van der Waals surface area contributed by atoms with Crippen LogP contribution in [0.3, 0.4) is 0 Å². The fraction of sp³-hybridized carbons (Fsp3) is 0.541. The van der Waals surface area contributed by atoms with Crippen molar-refractivity contribution in [3.63, 3.8) is 0 Å². The molecule has 2 aliphatic heterocycles. The summed E-state index contributed by atoms with van der Waals surface area (Å²) in [4.78, 5) is 91.5. The molecule has 0 saturated carbocycles. The molecule has 0 aliphatic carbocycles. The quantitative estimate of drug-likeness (QED) is 0.195. The number of carbonyl (C=O) groups excluding carboxylic acids is 6. The standard InChI is InChI=1S/C37H50N8O7S/c1-19(2)14-29-37(52)45-18-24(46)16-30(45)35(50)38-13-9-8-12-27(42-36(51)31-20(3)40-22(5)53-31)33(48)41-21(4)32(47)43-28(34(49)44-29)15-23-17-39-26-11-7-6-10-25(23)26/h6-7,10-11,17,19,21,24,27-30,39,46H,8-9,12-16,18H2,1-5H3,(H,38,50)(H,41,48)(H,42,51)(H,43,47)(H,44,49)/t21-,24-,27+,28+,29-,30+/m1/s1. The molecule has 15 nitrogen and oxygen atoms in total. The molecule has 6 amide bonds. The maximum Gasteiger partial charge on any atom is 0.263 e. The first-order chi connectivity index (χ1) is 25.2. The van der Waals surface area contributed by atoms with E-state index in [2.05, 4.69) is 36.6 Å². The van der Waals surface area contributed by atoms with Crippen LogP contribution in [0.15, 0.2) is 30.5 Å². The van der Waals surface area contributed by atoms with Gasteiger partial charge in [-0.25, -0.2) is 4.98 Å². The van der Waals surface area contributed by atoms with E-state index in [1.165, 1.54) is 23.2 Å². The van der Waals surface area contributed by atoms with Crippen LogP contribution in [0.1, 0.15) is 78.8 Å². The van der Waals surface area contributed by atoms with Gasteiger partial charge in [-0.2, -0.15) is 0 Å². The topological polar surface area (TPSA) is 215 Å². The lowest BCUT2D eigenvalue weighted by Gasteiger charge is -2.30. The van der Waals surface area contributed by atoms with E-state index in [0.717, 1.165) is 16.5 Å². The Kier molecular flexibility index (Phi) is 12.9. The summed E-state index contributed by atoms with van der Waals surface area (Å²) < 4.78 is 0. The summed E-state index contributed by atoms with van der Waals surface area (Å²) in [5, 5.41) is 26.1. The Hall–Kier alpha value is -4.83. The molecular weight excluding hydrogens is 701 g/mol. The maximum atomic E-state index is 14.2. The molecule has 1 aromatic carbocycles. The van der Waals surface area contributed by atoms with Crippen molar-refractivity contribution < 1.29 is 33.9 Å². The minimum atomic E-state index is -1.16. The van der Waals surface area contributed by atoms with E-state index >= 15 is 0 Å². The second-order valence-corrected chi connectivity index (χ2v) is 15.6. The lowest BCUT2D eigenvalue weighted by molar-refractivity contribution is -0.142. The average molecular weight is 751 g/mol. The first-order valence-electron chi connectivity index (χ1n) is 18.2. The average Bonchev–Trinajstić information content (AvgIpc) is 3.81. The number of benzene rings is 1. The van der Waals surface area contributed by atoms with E-state index in [0.29, 0.717) is 28.4 Å². The molecule has 3 aromatic rings. The van der Waals surface area contributed by atoms with Crippen LogP contribution in [0.4, 0.5) is 0 Å². The van der Waals surface area contributed by atoms with Crippen LogP contribution in [0.25, 0.3) is 10.9 Å². The molecule has 2 fully saturated rings. The highest BCUT2D eigenvalue weighted by molar-refractivity contribution is 7.13. The molecule has 0 unspecified atom stereocenters. The number of amides is 6. The molecule has 16 heteroatoms. The van der Waals surface area contributed by atoms with Crippen LogP contribution in [-0.2, 0) is 30.4 Å². The second kappa shape index (κ2) is 17.3. The summed E-state index contributed by atoms with van der Waals surface area (Å²) in [6.07, 6.45) is 2.27. The molecule has 2 aromatic heterocycles. The Labute approximate surface area is 312 Å². The lowest BCUT2D eigenvalue weighted by atomic mass is 10.00. The van der Waals surface area contributed by atoms with Gasteiger partial charge in [0.25, 0.3) is 5.91 Å². The largest absolute Gasteiger partial charge is 0.391 e. The van der Waals surface area contributed by atoms with Crippen molar-refractivity contribution in [3.05, 3.63) is 51.6 Å². The minimum Gasteiger partial charge on any atom is -0.391 e. The van der Waals surface area contributed by atoms with Crippen molar-refractivity contribution in [1.82, 2.24) is 41.5 Å². The molecule has 5 rings (SSSR count). The summed E-state index contributed by atoms with van der Waals surface area (Å²) in [5.41, 5.74) is 2.13. The number of thiazole rings is 1. The summed E-state index contributed by atoms with van der Waals surface area (Å²) >= 11 is 1.21. The Morgan fingerprint density at radius 2 is 1.74 bits per heavy atom. The Morgan fingerprint density at radius 1 is 1.00 bits per heavy atom. The van der Waals surface area contributed by atoms with Crippen LogP contribution in [0, 0.1) is 19.8 Å². The summed E-state index contributed by atoms with van der Waals surface area (Å²) in [7, 11) is 0. The van der Waals surface area contributed by atoms with Crippen molar-refractivity contribution in [2.75, 3.05) is 13.1 Å². The highest BCUT2D eigenvalue weighted by Crippen LogP contribution is 2.23. The zero-order valence-corrected chi connectivity index (χ0v) is 31.6. The Bertz CT molecular complexity index is 1840. The van der Waals surface area contributed by atoms with Gasteiger partial charge in [0.05, 0.1) is 16.8 Å². The number of aromatic nitrogens is 2. The molecule has 0 spiro atoms.